The second-order valence-corrected chi connectivity index (χ2v) is 10.1. The number of carbonyl (C=O) groups is 1. The van der Waals surface area contributed by atoms with Crippen molar-refractivity contribution in [2.75, 3.05) is 85.7 Å². The van der Waals surface area contributed by atoms with Crippen molar-refractivity contribution < 1.29 is 38.0 Å². The van der Waals surface area contributed by atoms with E-state index in [0.717, 1.165) is 51.7 Å². The minimum atomic E-state index is -0.0892. The quantitative estimate of drug-likeness (QED) is 0.528. The Morgan fingerprint density at radius 2 is 1.29 bits per heavy atom. The highest BCUT2D eigenvalue weighted by atomic mass is 16.6. The van der Waals surface area contributed by atoms with Gasteiger partial charge in [-0.3, -0.25) is 9.69 Å². The molecule has 4 rings (SSSR count). The number of hydrogen-bond donors (Lipinski definition) is 0. The van der Waals surface area contributed by atoms with E-state index in [-0.39, 0.29) is 30.2 Å². The fourth-order valence-electron chi connectivity index (χ4n) is 5.65. The first-order valence-corrected chi connectivity index (χ1v) is 13.8. The second kappa shape index (κ2) is 15.4. The van der Waals surface area contributed by atoms with Gasteiger partial charge in [0.25, 0.3) is 0 Å². The zero-order chi connectivity index (χ0) is 24.1. The smallest absolute Gasteiger partial charge is 0.312 e. The molecule has 4 unspecified atom stereocenters. The van der Waals surface area contributed by atoms with E-state index in [4.69, 9.17) is 33.2 Å². The predicted octanol–water partition coefficient (Wildman–Crippen LogP) is 2.05. The molecule has 3 heterocycles. The van der Waals surface area contributed by atoms with E-state index in [0.29, 0.717) is 72.0 Å². The Bertz CT molecular complexity index is 584. The maximum Gasteiger partial charge on any atom is 0.312 e. The standard InChI is InChI=1S/C26H45NO8/c28-26(23-19-22-5-6-24(23)34-22)35-25(21-3-1-2-4-21)20-27-7-9-29-11-13-31-15-17-33-18-16-32-14-12-30-10-8-27/h21-25H,1-20H2. The van der Waals surface area contributed by atoms with Crippen LogP contribution in [-0.2, 0) is 38.0 Å². The highest BCUT2D eigenvalue weighted by Gasteiger charge is 2.46. The Labute approximate surface area is 210 Å². The third-order valence-corrected chi connectivity index (χ3v) is 7.63. The third-order valence-electron chi connectivity index (χ3n) is 7.63. The van der Waals surface area contributed by atoms with Crippen molar-refractivity contribution in [3.8, 4) is 0 Å². The van der Waals surface area contributed by atoms with Gasteiger partial charge in [-0.1, -0.05) is 12.8 Å². The van der Waals surface area contributed by atoms with Gasteiger partial charge in [-0.05, 0) is 38.0 Å². The molecule has 2 bridgehead atoms. The predicted molar refractivity (Wildman–Crippen MR) is 128 cm³/mol. The highest BCUT2D eigenvalue weighted by Crippen LogP contribution is 2.40. The van der Waals surface area contributed by atoms with Crippen molar-refractivity contribution >= 4 is 5.97 Å². The summed E-state index contributed by atoms with van der Waals surface area (Å²) in [6.07, 6.45) is 7.80. The Kier molecular flexibility index (Phi) is 12.0. The first-order chi connectivity index (χ1) is 17.3. The van der Waals surface area contributed by atoms with Gasteiger partial charge < -0.3 is 33.2 Å². The number of rotatable bonds is 5. The first kappa shape index (κ1) is 27.2. The number of nitrogens with zero attached hydrogens (tertiary/aromatic N) is 1. The summed E-state index contributed by atoms with van der Waals surface area (Å²) < 4.78 is 40.4. The molecule has 0 N–H and O–H groups in total. The van der Waals surface area contributed by atoms with Crippen molar-refractivity contribution in [3.05, 3.63) is 0 Å². The van der Waals surface area contributed by atoms with Gasteiger partial charge in [0.05, 0.1) is 84.2 Å². The van der Waals surface area contributed by atoms with Crippen LogP contribution in [0.1, 0.15) is 44.9 Å². The fourth-order valence-corrected chi connectivity index (χ4v) is 5.65. The largest absolute Gasteiger partial charge is 0.460 e. The van der Waals surface area contributed by atoms with E-state index in [1.165, 1.54) is 12.8 Å². The van der Waals surface area contributed by atoms with Crippen LogP contribution in [0.4, 0.5) is 0 Å². The maximum atomic E-state index is 13.1. The maximum absolute atomic E-state index is 13.1. The van der Waals surface area contributed by atoms with Crippen molar-refractivity contribution in [3.63, 3.8) is 0 Å². The molecule has 4 fully saturated rings. The molecule has 35 heavy (non-hydrogen) atoms. The number of hydrogen-bond acceptors (Lipinski definition) is 9. The molecule has 3 saturated heterocycles. The molecular weight excluding hydrogens is 454 g/mol. The molecule has 202 valence electrons. The second-order valence-electron chi connectivity index (χ2n) is 10.1. The van der Waals surface area contributed by atoms with Crippen LogP contribution in [0.5, 0.6) is 0 Å². The molecule has 4 atom stereocenters. The monoisotopic (exact) mass is 499 g/mol. The summed E-state index contributed by atoms with van der Waals surface area (Å²) in [7, 11) is 0. The van der Waals surface area contributed by atoms with Crippen LogP contribution in [0.3, 0.4) is 0 Å². The van der Waals surface area contributed by atoms with Crippen molar-refractivity contribution in [2.45, 2.75) is 63.3 Å². The van der Waals surface area contributed by atoms with Gasteiger partial charge in [0.1, 0.15) is 6.10 Å². The van der Waals surface area contributed by atoms with Crippen molar-refractivity contribution in [2.24, 2.45) is 11.8 Å². The lowest BCUT2D eigenvalue weighted by molar-refractivity contribution is -0.160. The van der Waals surface area contributed by atoms with Gasteiger partial charge in [0.15, 0.2) is 0 Å². The van der Waals surface area contributed by atoms with Gasteiger partial charge in [0, 0.05) is 19.6 Å². The van der Waals surface area contributed by atoms with E-state index >= 15 is 0 Å². The van der Waals surface area contributed by atoms with E-state index in [2.05, 4.69) is 4.90 Å². The minimum absolute atomic E-state index is 0.0544. The fraction of sp³-hybridized carbons (Fsp3) is 0.962. The van der Waals surface area contributed by atoms with Gasteiger partial charge in [-0.25, -0.2) is 0 Å². The zero-order valence-corrected chi connectivity index (χ0v) is 21.2. The molecule has 3 aliphatic heterocycles. The van der Waals surface area contributed by atoms with Crippen LogP contribution in [0, 0.1) is 11.8 Å². The van der Waals surface area contributed by atoms with Crippen LogP contribution in [0.15, 0.2) is 0 Å². The minimum Gasteiger partial charge on any atom is -0.460 e. The van der Waals surface area contributed by atoms with Crippen LogP contribution >= 0.6 is 0 Å². The Hall–Kier alpha value is -0.810. The lowest BCUT2D eigenvalue weighted by atomic mass is 9.89. The lowest BCUT2D eigenvalue weighted by Crippen LogP contribution is -2.43. The summed E-state index contributed by atoms with van der Waals surface area (Å²) in [4.78, 5) is 15.5. The van der Waals surface area contributed by atoms with Crippen LogP contribution < -0.4 is 0 Å². The summed E-state index contributed by atoms with van der Waals surface area (Å²) in [6, 6.07) is 0. The normalized spacial score (nSPS) is 32.2. The Morgan fingerprint density at radius 1 is 0.743 bits per heavy atom. The summed E-state index contributed by atoms with van der Waals surface area (Å²) in [5.41, 5.74) is 0. The Morgan fingerprint density at radius 3 is 1.77 bits per heavy atom. The van der Waals surface area contributed by atoms with Crippen LogP contribution in [-0.4, -0.2) is 115 Å². The molecule has 0 spiro atoms. The average molecular weight is 500 g/mol. The van der Waals surface area contributed by atoms with Gasteiger partial charge in [0.2, 0.25) is 0 Å². The van der Waals surface area contributed by atoms with Crippen LogP contribution in [0.25, 0.3) is 0 Å². The van der Waals surface area contributed by atoms with E-state index < -0.39 is 0 Å². The molecule has 0 amide bonds. The summed E-state index contributed by atoms with van der Waals surface area (Å²) in [6.45, 7) is 7.90. The summed E-state index contributed by atoms with van der Waals surface area (Å²) >= 11 is 0. The molecule has 1 aliphatic carbocycles. The van der Waals surface area contributed by atoms with Gasteiger partial charge >= 0.3 is 5.97 Å². The molecule has 9 nitrogen and oxygen atoms in total. The van der Waals surface area contributed by atoms with E-state index in [1.54, 1.807) is 0 Å². The molecule has 1 saturated carbocycles. The highest BCUT2D eigenvalue weighted by molar-refractivity contribution is 5.74. The van der Waals surface area contributed by atoms with Crippen molar-refractivity contribution in [1.82, 2.24) is 4.90 Å². The number of esters is 1. The molecular formula is C26H45NO8. The number of fused-ring (bicyclic) bond motifs is 2. The first-order valence-electron chi connectivity index (χ1n) is 13.8. The molecule has 0 aromatic rings. The molecule has 9 heteroatoms. The summed E-state index contributed by atoms with van der Waals surface area (Å²) in [5.74, 6) is 0.286. The van der Waals surface area contributed by atoms with Gasteiger partial charge in [-0.15, -0.1) is 0 Å². The summed E-state index contributed by atoms with van der Waals surface area (Å²) in [5, 5.41) is 0. The Balaban J connectivity index is 1.29. The molecule has 0 aromatic carbocycles. The zero-order valence-electron chi connectivity index (χ0n) is 21.2. The number of ether oxygens (including phenoxy) is 7. The molecule has 0 aromatic heterocycles. The molecule has 4 aliphatic rings. The third kappa shape index (κ3) is 9.22. The van der Waals surface area contributed by atoms with E-state index in [9.17, 15) is 4.79 Å². The average Bonchev–Trinajstić information content (AvgIpc) is 3.63. The topological polar surface area (TPSA) is 84.9 Å². The van der Waals surface area contributed by atoms with Gasteiger partial charge in [-0.2, -0.15) is 0 Å². The van der Waals surface area contributed by atoms with Crippen LogP contribution in [0.2, 0.25) is 0 Å². The van der Waals surface area contributed by atoms with E-state index in [1.807, 2.05) is 0 Å². The number of carbonyl (C=O) groups excluding carboxylic acids is 1. The molecule has 0 radical (unpaired) electrons. The lowest BCUT2D eigenvalue weighted by Gasteiger charge is -2.32. The SMILES string of the molecule is O=C(OC(CN1CCOCCOCCOCCOCCOCC1)C1CCCC1)C1CC2CCC1O2. The van der Waals surface area contributed by atoms with Crippen molar-refractivity contribution in [1.29, 1.82) is 0 Å².